The molecule has 1 aliphatic rings. The third kappa shape index (κ3) is 7.13. The van der Waals surface area contributed by atoms with Gasteiger partial charge in [-0.05, 0) is 23.4 Å². The number of carbonyl (C=O) groups is 3. The Morgan fingerprint density at radius 2 is 1.63 bits per heavy atom. The molecule has 3 amide bonds. The van der Waals surface area contributed by atoms with Crippen LogP contribution in [0.15, 0.2) is 24.3 Å². The number of aryl methyl sites for hydroxylation is 1. The van der Waals surface area contributed by atoms with Crippen LogP contribution in [-0.4, -0.2) is 78.7 Å². The van der Waals surface area contributed by atoms with Gasteiger partial charge in [0.25, 0.3) is 5.91 Å². The summed E-state index contributed by atoms with van der Waals surface area (Å²) >= 11 is 0. The Morgan fingerprint density at radius 3 is 2.22 bits per heavy atom. The van der Waals surface area contributed by atoms with E-state index in [2.05, 4.69) is 5.32 Å². The number of hydrogen-bond acceptors (Lipinski definition) is 4. The number of ether oxygens (including phenoxy) is 1. The van der Waals surface area contributed by atoms with Gasteiger partial charge in [-0.1, -0.05) is 29.8 Å². The summed E-state index contributed by atoms with van der Waals surface area (Å²) in [7, 11) is 0.0125. The van der Waals surface area contributed by atoms with Crippen LogP contribution in [0.1, 0.15) is 11.1 Å². The molecule has 0 aliphatic carbocycles. The summed E-state index contributed by atoms with van der Waals surface area (Å²) in [6.07, 6.45) is 3.60. The minimum absolute atomic E-state index is 0.00784. The van der Waals surface area contributed by atoms with Crippen LogP contribution < -0.4 is 5.32 Å². The fourth-order valence-corrected chi connectivity index (χ4v) is 3.28. The van der Waals surface area contributed by atoms with E-state index in [0.29, 0.717) is 31.9 Å². The molecule has 0 aromatic heterocycles. The Labute approximate surface area is 163 Å². The first-order chi connectivity index (χ1) is 12.8. The van der Waals surface area contributed by atoms with Gasteiger partial charge in [0.15, 0.2) is 5.75 Å². The lowest BCUT2D eigenvalue weighted by atomic mass is 10.2. The highest BCUT2D eigenvalue weighted by molar-refractivity contribution is 7.96. The summed E-state index contributed by atoms with van der Waals surface area (Å²) in [6.45, 7) is 4.00. The van der Waals surface area contributed by atoms with Gasteiger partial charge in [-0.2, -0.15) is 0 Å². The molecule has 1 fully saturated rings. The number of carbonyl (C=O) groups excluding carboxylic acids is 3. The molecule has 1 heterocycles. The van der Waals surface area contributed by atoms with Gasteiger partial charge in [-0.3, -0.25) is 9.59 Å². The number of rotatable bonds is 6. The zero-order valence-corrected chi connectivity index (χ0v) is 17.0. The van der Waals surface area contributed by atoms with Crippen LogP contribution in [0.2, 0.25) is 0 Å². The van der Waals surface area contributed by atoms with E-state index in [-0.39, 0.29) is 42.0 Å². The van der Waals surface area contributed by atoms with Gasteiger partial charge in [0.2, 0.25) is 5.91 Å². The second kappa shape index (κ2) is 10.2. The van der Waals surface area contributed by atoms with Crippen molar-refractivity contribution in [2.75, 3.05) is 51.0 Å². The van der Waals surface area contributed by atoms with Crippen molar-refractivity contribution in [1.29, 1.82) is 0 Å². The molecule has 8 heteroatoms. The van der Waals surface area contributed by atoms with Gasteiger partial charge in [-0.15, -0.1) is 0 Å². The SMILES string of the molecule is Cc1ccc(COC(=O)N2CCN(C(=O)CNC(=O)C[S+](C)C)CC2)cc1. The minimum atomic E-state index is -0.367. The highest BCUT2D eigenvalue weighted by Gasteiger charge is 2.25. The molecule has 0 saturated carbocycles. The van der Waals surface area contributed by atoms with Crippen LogP contribution in [0, 0.1) is 6.92 Å². The van der Waals surface area contributed by atoms with E-state index in [0.717, 1.165) is 11.1 Å². The number of amides is 3. The van der Waals surface area contributed by atoms with Gasteiger partial charge >= 0.3 is 6.09 Å². The summed E-state index contributed by atoms with van der Waals surface area (Å²) in [4.78, 5) is 39.3. The molecule has 148 valence electrons. The maximum absolute atomic E-state index is 12.2. The summed E-state index contributed by atoms with van der Waals surface area (Å²) in [5.41, 5.74) is 2.10. The van der Waals surface area contributed by atoms with E-state index in [9.17, 15) is 14.4 Å². The number of piperazine rings is 1. The van der Waals surface area contributed by atoms with Crippen molar-refractivity contribution in [2.45, 2.75) is 13.5 Å². The quantitative estimate of drug-likeness (QED) is 0.723. The van der Waals surface area contributed by atoms with Crippen LogP contribution in [-0.2, 0) is 31.8 Å². The number of hydrogen-bond donors (Lipinski definition) is 1. The first-order valence-corrected chi connectivity index (χ1v) is 11.1. The standard InChI is InChI=1S/C19H27N3O4S/c1-15-4-6-16(7-5-15)13-26-19(25)22-10-8-21(9-11-22)18(24)12-20-17(23)14-27(2)3/h4-7H,8-14H2,1-3H3/p+1. The highest BCUT2D eigenvalue weighted by Crippen LogP contribution is 2.08. The second-order valence-corrected chi connectivity index (χ2v) is 9.07. The van der Waals surface area contributed by atoms with Crippen LogP contribution in [0.4, 0.5) is 4.79 Å². The van der Waals surface area contributed by atoms with E-state index in [1.807, 2.05) is 43.7 Å². The Hall–Kier alpha value is -2.22. The first-order valence-electron chi connectivity index (χ1n) is 8.91. The Kier molecular flexibility index (Phi) is 7.97. The van der Waals surface area contributed by atoms with E-state index in [4.69, 9.17) is 4.74 Å². The van der Waals surface area contributed by atoms with Crippen molar-refractivity contribution in [3.05, 3.63) is 35.4 Å². The number of nitrogens with one attached hydrogen (secondary N) is 1. The zero-order valence-electron chi connectivity index (χ0n) is 16.2. The third-order valence-electron chi connectivity index (χ3n) is 4.23. The average Bonchev–Trinajstić information content (AvgIpc) is 2.65. The van der Waals surface area contributed by atoms with E-state index < -0.39 is 0 Å². The number of nitrogens with zero attached hydrogens (tertiary/aromatic N) is 2. The first kappa shape index (κ1) is 21.1. The molecular formula is C19H28N3O4S+. The molecule has 2 rings (SSSR count). The fourth-order valence-electron chi connectivity index (χ4n) is 2.66. The van der Waals surface area contributed by atoms with E-state index in [1.165, 1.54) is 0 Å². The molecule has 0 atom stereocenters. The van der Waals surface area contributed by atoms with Crippen molar-refractivity contribution < 1.29 is 19.1 Å². The predicted octanol–water partition coefficient (Wildman–Crippen LogP) is 0.770. The van der Waals surface area contributed by atoms with Crippen LogP contribution >= 0.6 is 0 Å². The van der Waals surface area contributed by atoms with E-state index >= 15 is 0 Å². The lowest BCUT2D eigenvalue weighted by Crippen LogP contribution is -2.52. The summed E-state index contributed by atoms with van der Waals surface area (Å²) in [5.74, 6) is 0.214. The van der Waals surface area contributed by atoms with Crippen LogP contribution in [0.5, 0.6) is 0 Å². The van der Waals surface area contributed by atoms with E-state index in [1.54, 1.807) is 9.80 Å². The normalized spacial score (nSPS) is 14.2. The third-order valence-corrected chi connectivity index (χ3v) is 5.07. The van der Waals surface area contributed by atoms with Crippen molar-refractivity contribution in [3.8, 4) is 0 Å². The van der Waals surface area contributed by atoms with Crippen LogP contribution in [0.25, 0.3) is 0 Å². The summed E-state index contributed by atoms with van der Waals surface area (Å²) < 4.78 is 5.35. The summed E-state index contributed by atoms with van der Waals surface area (Å²) in [6, 6.07) is 7.84. The van der Waals surface area contributed by atoms with Crippen molar-refractivity contribution >= 4 is 28.8 Å². The van der Waals surface area contributed by atoms with Gasteiger partial charge in [0, 0.05) is 26.2 Å². The molecule has 0 bridgehead atoms. The van der Waals surface area contributed by atoms with Crippen molar-refractivity contribution in [2.24, 2.45) is 0 Å². The lowest BCUT2D eigenvalue weighted by molar-refractivity contribution is -0.133. The molecule has 0 radical (unpaired) electrons. The average molecular weight is 395 g/mol. The monoisotopic (exact) mass is 394 g/mol. The molecule has 1 aliphatic heterocycles. The van der Waals surface area contributed by atoms with Gasteiger partial charge in [-0.25, -0.2) is 4.79 Å². The molecule has 1 N–H and O–H groups in total. The lowest BCUT2D eigenvalue weighted by Gasteiger charge is -2.34. The molecule has 7 nitrogen and oxygen atoms in total. The smallest absolute Gasteiger partial charge is 0.410 e. The highest BCUT2D eigenvalue weighted by atomic mass is 32.2. The largest absolute Gasteiger partial charge is 0.445 e. The summed E-state index contributed by atoms with van der Waals surface area (Å²) in [5, 5.41) is 2.66. The minimum Gasteiger partial charge on any atom is -0.445 e. The maximum atomic E-state index is 12.2. The maximum Gasteiger partial charge on any atom is 0.410 e. The van der Waals surface area contributed by atoms with Crippen molar-refractivity contribution in [1.82, 2.24) is 15.1 Å². The molecule has 1 saturated heterocycles. The molecule has 27 heavy (non-hydrogen) atoms. The molecular weight excluding hydrogens is 366 g/mol. The van der Waals surface area contributed by atoms with Gasteiger partial charge in [0.1, 0.15) is 6.61 Å². The molecule has 0 spiro atoms. The second-order valence-electron chi connectivity index (χ2n) is 6.81. The molecule has 1 aromatic carbocycles. The fraction of sp³-hybridized carbons (Fsp3) is 0.526. The number of benzene rings is 1. The van der Waals surface area contributed by atoms with Crippen LogP contribution in [0.3, 0.4) is 0 Å². The Balaban J connectivity index is 1.69. The predicted molar refractivity (Wildman–Crippen MR) is 107 cm³/mol. The topological polar surface area (TPSA) is 79.0 Å². The Bertz CT molecular complexity index is 655. The molecule has 0 unspecified atom stereocenters. The molecule has 1 aromatic rings. The van der Waals surface area contributed by atoms with Gasteiger partial charge < -0.3 is 19.9 Å². The van der Waals surface area contributed by atoms with Crippen molar-refractivity contribution in [3.63, 3.8) is 0 Å². The Morgan fingerprint density at radius 1 is 1.04 bits per heavy atom. The zero-order chi connectivity index (χ0) is 19.8. The van der Waals surface area contributed by atoms with Gasteiger partial charge in [0.05, 0.1) is 19.1 Å².